The summed E-state index contributed by atoms with van der Waals surface area (Å²) in [7, 11) is 0. The number of allylic oxidation sites excluding steroid dienone is 3. The van der Waals surface area contributed by atoms with Crippen molar-refractivity contribution < 1.29 is 24.5 Å². The molecule has 0 aliphatic heterocycles. The van der Waals surface area contributed by atoms with E-state index in [4.69, 9.17) is 23.2 Å². The van der Waals surface area contributed by atoms with Crippen LogP contribution in [0.15, 0.2) is 59.4 Å². The lowest BCUT2D eigenvalue weighted by atomic mass is 9.68. The Morgan fingerprint density at radius 2 is 1.70 bits per heavy atom. The van der Waals surface area contributed by atoms with Gasteiger partial charge in [0, 0.05) is 29.4 Å². The van der Waals surface area contributed by atoms with Crippen molar-refractivity contribution in [1.29, 1.82) is 0 Å². The lowest BCUT2D eigenvalue weighted by Crippen LogP contribution is -2.29. The smallest absolute Gasteiger partial charge is 0.234 e. The second-order valence-electron chi connectivity index (χ2n) is 13.8. The summed E-state index contributed by atoms with van der Waals surface area (Å²) in [6.07, 6.45) is 2.73. The minimum absolute atomic E-state index is 0.0837. The molecule has 3 aromatic rings. The van der Waals surface area contributed by atoms with Crippen molar-refractivity contribution in [3.05, 3.63) is 91.8 Å². The number of aromatic amines is 1. The number of halogens is 2. The molecule has 1 aromatic heterocycles. The van der Waals surface area contributed by atoms with Crippen molar-refractivity contribution >= 4 is 57.3 Å². The topological polar surface area (TPSA) is 97.6 Å². The van der Waals surface area contributed by atoms with Crippen LogP contribution < -0.4 is 10.3 Å². The van der Waals surface area contributed by atoms with Crippen LogP contribution in [0.1, 0.15) is 92.3 Å². The number of anilines is 1. The van der Waals surface area contributed by atoms with E-state index in [0.717, 1.165) is 16.5 Å². The van der Waals surface area contributed by atoms with Crippen LogP contribution in [0, 0.1) is 23.7 Å². The summed E-state index contributed by atoms with van der Waals surface area (Å²) in [4.78, 5) is 43.7. The predicted molar refractivity (Wildman–Crippen MR) is 171 cm³/mol. The molecule has 0 saturated heterocycles. The molecule has 2 aliphatic carbocycles. The first kappa shape index (κ1) is 31.0. The van der Waals surface area contributed by atoms with E-state index in [1.807, 2.05) is 24.3 Å². The number of nitrogens with one attached hydrogen (secondary N) is 2. The first-order valence-corrected chi connectivity index (χ1v) is 15.2. The van der Waals surface area contributed by atoms with E-state index in [1.54, 1.807) is 25.1 Å². The zero-order valence-electron chi connectivity index (χ0n) is 25.5. The number of carbonyl (C=O) groups is 3. The van der Waals surface area contributed by atoms with E-state index in [1.165, 1.54) is 0 Å². The Hall–Kier alpha value is -3.48. The standard InChI is InChI=1S/C35H36Cl2N2O4/c1-17-13-22(36)29(37)28-26(17)32(42)27(33(28)43)23-12-11-19-9-8-10-24(30(19)39-23)38-25(40)16-18-14-20(34(2,3)4)31(41)21(15-18)35(5,6)7/h8-14,21,27,41H,15-16H2,1-7H3,(H,38,40)/p+1. The van der Waals surface area contributed by atoms with E-state index in [0.29, 0.717) is 40.2 Å². The molecule has 2 atom stereocenters. The van der Waals surface area contributed by atoms with Crippen LogP contribution in [0.3, 0.4) is 0 Å². The number of benzene rings is 2. The van der Waals surface area contributed by atoms with E-state index >= 15 is 0 Å². The number of aromatic nitrogens is 1. The largest absolute Gasteiger partial charge is 0.512 e. The monoisotopic (exact) mass is 619 g/mol. The Morgan fingerprint density at radius 1 is 1.02 bits per heavy atom. The van der Waals surface area contributed by atoms with E-state index < -0.39 is 11.7 Å². The highest BCUT2D eigenvalue weighted by Crippen LogP contribution is 2.45. The van der Waals surface area contributed by atoms with Crippen LogP contribution >= 0.6 is 23.2 Å². The second kappa shape index (κ2) is 10.9. The average Bonchev–Trinajstić information content (AvgIpc) is 3.17. The van der Waals surface area contributed by atoms with E-state index in [-0.39, 0.29) is 50.5 Å². The fourth-order valence-corrected chi connectivity index (χ4v) is 6.70. The highest BCUT2D eigenvalue weighted by atomic mass is 35.5. The number of aliphatic hydroxyl groups is 1. The zero-order valence-corrected chi connectivity index (χ0v) is 27.1. The number of hydrogen-bond acceptors (Lipinski definition) is 4. The molecule has 0 saturated carbocycles. The second-order valence-corrected chi connectivity index (χ2v) is 14.6. The maximum atomic E-state index is 13.5. The Bertz CT molecular complexity index is 1770. The third-order valence-corrected chi connectivity index (χ3v) is 9.28. The molecule has 1 heterocycles. The first-order chi connectivity index (χ1) is 20.0. The molecule has 0 spiro atoms. The highest BCUT2D eigenvalue weighted by Gasteiger charge is 2.46. The number of para-hydroxylation sites is 1. The normalized spacial score (nSPS) is 19.1. The van der Waals surface area contributed by atoms with Gasteiger partial charge in [-0.2, -0.15) is 0 Å². The fourth-order valence-electron chi connectivity index (χ4n) is 6.20. The summed E-state index contributed by atoms with van der Waals surface area (Å²) in [6, 6.07) is 10.7. The summed E-state index contributed by atoms with van der Waals surface area (Å²) in [5.74, 6) is -1.72. The third kappa shape index (κ3) is 5.63. The van der Waals surface area contributed by atoms with Crippen molar-refractivity contribution in [2.24, 2.45) is 16.7 Å². The first-order valence-electron chi connectivity index (χ1n) is 14.4. The summed E-state index contributed by atoms with van der Waals surface area (Å²) < 4.78 is 0. The molecular formula is C35H37Cl2N2O4+. The van der Waals surface area contributed by atoms with Crippen LogP contribution in [-0.4, -0.2) is 22.6 Å². The van der Waals surface area contributed by atoms with Crippen LogP contribution in [0.4, 0.5) is 5.69 Å². The number of aliphatic hydroxyl groups excluding tert-OH is 1. The summed E-state index contributed by atoms with van der Waals surface area (Å²) in [5, 5.41) is 15.3. The number of ketones is 2. The Kier molecular flexibility index (Phi) is 7.85. The van der Waals surface area contributed by atoms with Crippen molar-refractivity contribution in [1.82, 2.24) is 0 Å². The molecule has 0 radical (unpaired) electrons. The van der Waals surface area contributed by atoms with E-state index in [9.17, 15) is 19.5 Å². The van der Waals surface area contributed by atoms with Gasteiger partial charge in [0.1, 0.15) is 5.69 Å². The molecule has 2 aliphatic rings. The highest BCUT2D eigenvalue weighted by molar-refractivity contribution is 6.46. The Morgan fingerprint density at radius 3 is 2.35 bits per heavy atom. The van der Waals surface area contributed by atoms with Gasteiger partial charge in [-0.25, -0.2) is 4.98 Å². The fraction of sp³-hybridized carbons (Fsp3) is 0.371. The molecule has 0 bridgehead atoms. The molecule has 6 nitrogen and oxygen atoms in total. The number of carbonyl (C=O) groups excluding carboxylic acids is 3. The molecule has 0 fully saturated rings. The van der Waals surface area contributed by atoms with Gasteiger partial charge >= 0.3 is 0 Å². The van der Waals surface area contributed by atoms with E-state index in [2.05, 4.69) is 51.8 Å². The van der Waals surface area contributed by atoms with Gasteiger partial charge in [-0.1, -0.05) is 82.5 Å². The quantitative estimate of drug-likeness (QED) is 0.286. The lowest BCUT2D eigenvalue weighted by molar-refractivity contribution is -0.356. The van der Waals surface area contributed by atoms with Crippen molar-refractivity contribution in [3.8, 4) is 0 Å². The lowest BCUT2D eigenvalue weighted by Gasteiger charge is -2.37. The van der Waals surface area contributed by atoms with Gasteiger partial charge in [-0.3, -0.25) is 14.4 Å². The number of H-pyrrole nitrogens is 1. The molecule has 43 heavy (non-hydrogen) atoms. The molecule has 5 rings (SSSR count). The van der Waals surface area contributed by atoms with Gasteiger partial charge in [0.2, 0.25) is 11.4 Å². The summed E-state index contributed by atoms with van der Waals surface area (Å²) in [5.41, 5.74) is 3.94. The number of amides is 1. The van der Waals surface area contributed by atoms with Crippen LogP contribution in [-0.2, 0) is 4.79 Å². The maximum Gasteiger partial charge on any atom is 0.234 e. The van der Waals surface area contributed by atoms with Gasteiger partial charge in [-0.05, 0) is 59.6 Å². The number of pyridine rings is 1. The number of Topliss-reactive ketones (excluding diaryl/α,β-unsaturated/α-hetero) is 2. The summed E-state index contributed by atoms with van der Waals surface area (Å²) >= 11 is 12.6. The minimum atomic E-state index is -1.09. The molecule has 2 unspecified atom stereocenters. The van der Waals surface area contributed by atoms with Crippen LogP contribution in [0.25, 0.3) is 10.9 Å². The van der Waals surface area contributed by atoms with Gasteiger partial charge in [0.15, 0.2) is 23.2 Å². The van der Waals surface area contributed by atoms with Gasteiger partial charge in [0.25, 0.3) is 0 Å². The average molecular weight is 621 g/mol. The molecule has 8 heteroatoms. The van der Waals surface area contributed by atoms with Crippen molar-refractivity contribution in [2.45, 2.75) is 67.2 Å². The van der Waals surface area contributed by atoms with Gasteiger partial charge in [-0.15, -0.1) is 0 Å². The Labute approximate surface area is 262 Å². The van der Waals surface area contributed by atoms with Crippen molar-refractivity contribution in [3.63, 3.8) is 0 Å². The zero-order chi connectivity index (χ0) is 31.6. The molecule has 3 N–H and O–H groups in total. The molecule has 1 amide bonds. The summed E-state index contributed by atoms with van der Waals surface area (Å²) in [6.45, 7) is 14.2. The number of aryl methyl sites for hydroxylation is 1. The molecule has 224 valence electrons. The van der Waals surface area contributed by atoms with Gasteiger partial charge < -0.3 is 10.4 Å². The Balaban J connectivity index is 1.45. The number of rotatable bonds is 4. The maximum absolute atomic E-state index is 13.5. The molecule has 2 aromatic carbocycles. The molecular weight excluding hydrogens is 583 g/mol. The third-order valence-electron chi connectivity index (χ3n) is 8.49. The minimum Gasteiger partial charge on any atom is -0.512 e. The number of fused-ring (bicyclic) bond motifs is 2. The van der Waals surface area contributed by atoms with Crippen LogP contribution in [0.2, 0.25) is 10.0 Å². The number of hydrogen-bond donors (Lipinski definition) is 2. The predicted octanol–water partition coefficient (Wildman–Crippen LogP) is 8.61. The van der Waals surface area contributed by atoms with Crippen molar-refractivity contribution in [2.75, 3.05) is 5.32 Å². The van der Waals surface area contributed by atoms with Gasteiger partial charge in [0.05, 0.1) is 21.4 Å². The van der Waals surface area contributed by atoms with Crippen LogP contribution in [0.5, 0.6) is 0 Å². The SMILES string of the molecule is Cc1cc(Cl)c(Cl)c2c1C(=O)C(c1ccc3cccc(NC(=O)CC4=CC(C(C)(C)C)=C(O)C(C(C)(C)C)C4)c3[nH+]1)C2=O.